The summed E-state index contributed by atoms with van der Waals surface area (Å²) in [4.78, 5) is 5.95. The van der Waals surface area contributed by atoms with Crippen molar-refractivity contribution in [1.29, 1.82) is 0 Å². The van der Waals surface area contributed by atoms with Crippen LogP contribution in [0, 0.1) is 6.07 Å². The predicted molar refractivity (Wildman–Crippen MR) is 126 cm³/mol. The van der Waals surface area contributed by atoms with Gasteiger partial charge in [-0.25, -0.2) is 13.4 Å². The van der Waals surface area contributed by atoms with E-state index in [-0.39, 0.29) is 5.75 Å². The number of hydrogen-bond acceptors (Lipinski definition) is 5. The number of sulfonamides is 1. The minimum atomic E-state index is -3.53. The number of anilines is 1. The van der Waals surface area contributed by atoms with Crippen molar-refractivity contribution < 1.29 is 8.42 Å². The van der Waals surface area contributed by atoms with Gasteiger partial charge in [0.15, 0.2) is 0 Å². The molecule has 4 aromatic rings. The molecule has 0 aliphatic heterocycles. The van der Waals surface area contributed by atoms with E-state index in [1.807, 2.05) is 77.5 Å². The molecule has 153 valence electrons. The summed E-state index contributed by atoms with van der Waals surface area (Å²) in [5.41, 5.74) is 2.45. The van der Waals surface area contributed by atoms with Gasteiger partial charge in [-0.2, -0.15) is 0 Å². The molecule has 2 heterocycles. The van der Waals surface area contributed by atoms with E-state index in [1.54, 1.807) is 29.6 Å². The summed E-state index contributed by atoms with van der Waals surface area (Å²) in [5.74, 6) is 0.0167. The quantitative estimate of drug-likeness (QED) is 0.338. The van der Waals surface area contributed by atoms with Crippen molar-refractivity contribution >= 4 is 38.4 Å². The van der Waals surface area contributed by atoms with E-state index in [4.69, 9.17) is 4.98 Å². The summed E-state index contributed by atoms with van der Waals surface area (Å²) >= 11 is 3.18. The van der Waals surface area contributed by atoms with Crippen LogP contribution in [0.15, 0.2) is 77.5 Å². The molecule has 0 bridgehead atoms. The van der Waals surface area contributed by atoms with Gasteiger partial charge in [-0.3, -0.25) is 4.31 Å². The van der Waals surface area contributed by atoms with E-state index in [0.717, 1.165) is 21.1 Å². The van der Waals surface area contributed by atoms with Gasteiger partial charge in [0.05, 0.1) is 28.1 Å². The monoisotopic (exact) mass is 453 g/mol. The number of benzene rings is 2. The third-order valence-electron chi connectivity index (χ3n) is 4.77. The molecule has 0 amide bonds. The molecule has 30 heavy (non-hydrogen) atoms. The molecule has 4 nitrogen and oxygen atoms in total. The van der Waals surface area contributed by atoms with Crippen LogP contribution in [0.5, 0.6) is 0 Å². The van der Waals surface area contributed by atoms with Gasteiger partial charge < -0.3 is 0 Å². The maximum absolute atomic E-state index is 13.2. The molecule has 0 saturated carbocycles. The first kappa shape index (κ1) is 20.8. The summed E-state index contributed by atoms with van der Waals surface area (Å²) in [6, 6.07) is 23.6. The van der Waals surface area contributed by atoms with Crippen LogP contribution in [-0.4, -0.2) is 19.2 Å². The van der Waals surface area contributed by atoms with Crippen LogP contribution < -0.4 is 4.31 Å². The summed E-state index contributed by atoms with van der Waals surface area (Å²) in [6.07, 6.45) is 0.524. The van der Waals surface area contributed by atoms with E-state index < -0.39 is 16.1 Å². The van der Waals surface area contributed by atoms with Gasteiger partial charge in [0.1, 0.15) is 5.01 Å². The fraction of sp³-hybridized carbons (Fsp3) is 0.174. The molecule has 0 N–H and O–H groups in total. The van der Waals surface area contributed by atoms with Crippen LogP contribution in [0.25, 0.3) is 9.88 Å². The fourth-order valence-corrected chi connectivity index (χ4v) is 6.26. The molecule has 0 aliphatic rings. The molecule has 0 saturated heterocycles. The SMILES string of the molecule is CCS(=O)(=O)N(c1ccccc1)C(Cc1cc[c]cc1)c1csc(-c2cccs2)n1. The number of thiazole rings is 1. The Labute approximate surface area is 185 Å². The average molecular weight is 454 g/mol. The first-order chi connectivity index (χ1) is 14.6. The van der Waals surface area contributed by atoms with Gasteiger partial charge in [-0.15, -0.1) is 22.7 Å². The second-order valence-electron chi connectivity index (χ2n) is 6.71. The first-order valence-electron chi connectivity index (χ1n) is 9.60. The fourth-order valence-electron chi connectivity index (χ4n) is 3.29. The molecule has 0 aliphatic carbocycles. The van der Waals surface area contributed by atoms with E-state index in [1.165, 1.54) is 4.31 Å². The highest BCUT2D eigenvalue weighted by Crippen LogP contribution is 2.36. The molecule has 0 fully saturated rings. The number of rotatable bonds is 8. The van der Waals surface area contributed by atoms with Crippen LogP contribution in [0.4, 0.5) is 5.69 Å². The van der Waals surface area contributed by atoms with Crippen LogP contribution in [0.1, 0.15) is 24.2 Å². The molecule has 1 atom stereocenters. The standard InChI is InChI=1S/C23H21N2O2S3/c1-2-30(26,27)25(19-12-7-4-8-13-19)21(16-18-10-5-3-6-11-18)20-17-29-23(24-20)22-14-9-15-28-22/h4-15,17,21H,2,16H2,1H3. The predicted octanol–water partition coefficient (Wildman–Crippen LogP) is 5.81. The second kappa shape index (κ2) is 9.12. The topological polar surface area (TPSA) is 50.3 Å². The molecular weight excluding hydrogens is 432 g/mol. The Hall–Kier alpha value is -2.48. The molecule has 7 heteroatoms. The van der Waals surface area contributed by atoms with Crippen molar-refractivity contribution in [3.05, 3.63) is 94.8 Å². The Balaban J connectivity index is 1.83. The van der Waals surface area contributed by atoms with Crippen molar-refractivity contribution in [2.75, 3.05) is 10.1 Å². The van der Waals surface area contributed by atoms with Gasteiger partial charge in [-0.1, -0.05) is 48.5 Å². The Morgan fingerprint density at radius 2 is 1.80 bits per heavy atom. The average Bonchev–Trinajstić information content (AvgIpc) is 3.47. The van der Waals surface area contributed by atoms with Gasteiger partial charge in [0.25, 0.3) is 0 Å². The van der Waals surface area contributed by atoms with E-state index in [9.17, 15) is 8.42 Å². The van der Waals surface area contributed by atoms with Gasteiger partial charge in [-0.05, 0) is 48.6 Å². The lowest BCUT2D eigenvalue weighted by Gasteiger charge is -2.32. The lowest BCUT2D eigenvalue weighted by atomic mass is 10.0. The number of aromatic nitrogens is 1. The minimum Gasteiger partial charge on any atom is -0.261 e. The van der Waals surface area contributed by atoms with Crippen LogP contribution in [-0.2, 0) is 16.4 Å². The molecule has 1 unspecified atom stereocenters. The molecule has 1 radical (unpaired) electrons. The van der Waals surface area contributed by atoms with Gasteiger partial charge >= 0.3 is 0 Å². The normalized spacial score (nSPS) is 12.6. The maximum atomic E-state index is 13.2. The zero-order valence-electron chi connectivity index (χ0n) is 16.4. The van der Waals surface area contributed by atoms with Crippen LogP contribution in [0.2, 0.25) is 0 Å². The molecule has 2 aromatic carbocycles. The van der Waals surface area contributed by atoms with Gasteiger partial charge in [0.2, 0.25) is 10.0 Å². The Morgan fingerprint density at radius 3 is 2.47 bits per heavy atom. The largest absolute Gasteiger partial charge is 0.261 e. The van der Waals surface area contributed by atoms with Gasteiger partial charge in [0, 0.05) is 5.38 Å². The van der Waals surface area contributed by atoms with Crippen molar-refractivity contribution in [3.8, 4) is 9.88 Å². The maximum Gasteiger partial charge on any atom is 0.235 e. The summed E-state index contributed by atoms with van der Waals surface area (Å²) in [5, 5.41) is 4.91. The Morgan fingerprint density at radius 1 is 1.03 bits per heavy atom. The summed E-state index contributed by atoms with van der Waals surface area (Å²) < 4.78 is 28.0. The summed E-state index contributed by atoms with van der Waals surface area (Å²) in [6.45, 7) is 1.68. The highest BCUT2D eigenvalue weighted by molar-refractivity contribution is 7.92. The first-order valence-corrected chi connectivity index (χ1v) is 13.0. The Kier molecular flexibility index (Phi) is 6.32. The third kappa shape index (κ3) is 4.48. The lowest BCUT2D eigenvalue weighted by molar-refractivity contribution is 0.575. The van der Waals surface area contributed by atoms with Crippen molar-refractivity contribution in [2.24, 2.45) is 0 Å². The minimum absolute atomic E-state index is 0.0167. The lowest BCUT2D eigenvalue weighted by Crippen LogP contribution is -2.37. The number of para-hydroxylation sites is 1. The number of nitrogens with zero attached hydrogens (tertiary/aromatic N) is 2. The molecule has 4 rings (SSSR count). The highest BCUT2D eigenvalue weighted by Gasteiger charge is 2.32. The van der Waals surface area contributed by atoms with E-state index >= 15 is 0 Å². The van der Waals surface area contributed by atoms with E-state index in [2.05, 4.69) is 6.07 Å². The summed E-state index contributed by atoms with van der Waals surface area (Å²) in [7, 11) is -3.53. The van der Waals surface area contributed by atoms with Crippen molar-refractivity contribution in [1.82, 2.24) is 4.98 Å². The zero-order valence-corrected chi connectivity index (χ0v) is 18.9. The molecule has 0 spiro atoms. The Bertz CT molecular complexity index is 1170. The highest BCUT2D eigenvalue weighted by atomic mass is 32.2. The van der Waals surface area contributed by atoms with E-state index in [0.29, 0.717) is 12.1 Å². The second-order valence-corrected chi connectivity index (χ2v) is 10.7. The zero-order chi connectivity index (χ0) is 21.0. The third-order valence-corrected chi connectivity index (χ3v) is 8.46. The van der Waals surface area contributed by atoms with Crippen molar-refractivity contribution in [3.63, 3.8) is 0 Å². The number of thiophene rings is 1. The molecule has 2 aromatic heterocycles. The molecular formula is C23H21N2O2S3. The smallest absolute Gasteiger partial charge is 0.235 e. The van der Waals surface area contributed by atoms with Crippen LogP contribution in [0.3, 0.4) is 0 Å². The van der Waals surface area contributed by atoms with Crippen LogP contribution >= 0.6 is 22.7 Å². The number of hydrogen-bond donors (Lipinski definition) is 0. The van der Waals surface area contributed by atoms with Crippen molar-refractivity contribution in [2.45, 2.75) is 19.4 Å².